The van der Waals surface area contributed by atoms with E-state index in [-0.39, 0.29) is 18.2 Å². The third kappa shape index (κ3) is 3.47. The number of ether oxygens (including phenoxy) is 2. The maximum atomic E-state index is 12.9. The molecule has 5 heteroatoms. The van der Waals surface area contributed by atoms with Crippen molar-refractivity contribution in [2.45, 2.75) is 76.8 Å². The number of rotatable bonds is 3. The van der Waals surface area contributed by atoms with Crippen molar-refractivity contribution in [1.82, 2.24) is 9.80 Å². The van der Waals surface area contributed by atoms with Crippen molar-refractivity contribution in [1.29, 1.82) is 0 Å². The van der Waals surface area contributed by atoms with E-state index in [2.05, 4.69) is 23.6 Å². The number of piperidine rings is 2. The normalized spacial score (nSPS) is 35.0. The average Bonchev–Trinajstić information content (AvgIpc) is 3.01. The SMILES string of the molecule is C[C@@H]1CCC[C@H](C)N1C(=O)CN1CCCC[C@@H]1C1OCCO1. The summed E-state index contributed by atoms with van der Waals surface area (Å²) in [5.41, 5.74) is 0. The summed E-state index contributed by atoms with van der Waals surface area (Å²) in [4.78, 5) is 17.3. The van der Waals surface area contributed by atoms with Gasteiger partial charge in [-0.3, -0.25) is 9.69 Å². The molecule has 0 aromatic rings. The van der Waals surface area contributed by atoms with Crippen LogP contribution in [-0.2, 0) is 14.3 Å². The first-order valence-electron chi connectivity index (χ1n) is 8.95. The third-order valence-corrected chi connectivity index (χ3v) is 5.45. The van der Waals surface area contributed by atoms with Gasteiger partial charge in [0, 0.05) is 12.1 Å². The van der Waals surface area contributed by atoms with E-state index in [1.54, 1.807) is 0 Å². The number of carbonyl (C=O) groups is 1. The molecule has 3 atom stereocenters. The van der Waals surface area contributed by atoms with Crippen LogP contribution < -0.4 is 0 Å². The molecule has 0 radical (unpaired) electrons. The van der Waals surface area contributed by atoms with Gasteiger partial charge in [-0.25, -0.2) is 0 Å². The fourth-order valence-electron chi connectivity index (χ4n) is 4.29. The molecule has 0 saturated carbocycles. The Morgan fingerprint density at radius 1 is 1.00 bits per heavy atom. The summed E-state index contributed by atoms with van der Waals surface area (Å²) in [5.74, 6) is 0.282. The van der Waals surface area contributed by atoms with Crippen LogP contribution in [0.2, 0.25) is 0 Å². The fourth-order valence-corrected chi connectivity index (χ4v) is 4.29. The first kappa shape index (κ1) is 16.2. The van der Waals surface area contributed by atoms with Gasteiger partial charge >= 0.3 is 0 Å². The molecule has 0 aromatic carbocycles. The van der Waals surface area contributed by atoms with Gasteiger partial charge in [0.1, 0.15) is 0 Å². The highest BCUT2D eigenvalue weighted by molar-refractivity contribution is 5.79. The fraction of sp³-hybridized carbons (Fsp3) is 0.941. The zero-order valence-corrected chi connectivity index (χ0v) is 14.0. The van der Waals surface area contributed by atoms with Crippen LogP contribution >= 0.6 is 0 Å². The Hall–Kier alpha value is -0.650. The molecular weight excluding hydrogens is 280 g/mol. The van der Waals surface area contributed by atoms with E-state index in [9.17, 15) is 4.79 Å². The van der Waals surface area contributed by atoms with Gasteiger partial charge in [0.05, 0.1) is 25.8 Å². The Labute approximate surface area is 133 Å². The zero-order valence-electron chi connectivity index (χ0n) is 14.0. The molecule has 5 nitrogen and oxygen atoms in total. The first-order valence-corrected chi connectivity index (χ1v) is 8.95. The maximum absolute atomic E-state index is 12.9. The summed E-state index contributed by atoms with van der Waals surface area (Å²) < 4.78 is 11.4. The van der Waals surface area contributed by atoms with Gasteiger partial charge < -0.3 is 14.4 Å². The molecule has 0 spiro atoms. The lowest BCUT2D eigenvalue weighted by Gasteiger charge is -2.42. The second-order valence-electron chi connectivity index (χ2n) is 7.07. The predicted octanol–water partition coefficient (Wildman–Crippen LogP) is 2.00. The van der Waals surface area contributed by atoms with Crippen molar-refractivity contribution in [2.75, 3.05) is 26.3 Å². The molecule has 0 N–H and O–H groups in total. The number of hydrogen-bond acceptors (Lipinski definition) is 4. The van der Waals surface area contributed by atoms with Gasteiger partial charge in [-0.05, 0) is 52.5 Å². The van der Waals surface area contributed by atoms with Crippen LogP contribution in [0.15, 0.2) is 0 Å². The predicted molar refractivity (Wildman–Crippen MR) is 84.5 cm³/mol. The van der Waals surface area contributed by atoms with Crippen molar-refractivity contribution in [3.63, 3.8) is 0 Å². The summed E-state index contributed by atoms with van der Waals surface area (Å²) in [6.07, 6.45) is 6.81. The van der Waals surface area contributed by atoms with Gasteiger partial charge in [0.2, 0.25) is 5.91 Å². The van der Waals surface area contributed by atoms with Gasteiger partial charge in [-0.2, -0.15) is 0 Å². The van der Waals surface area contributed by atoms with Crippen LogP contribution in [-0.4, -0.2) is 66.4 Å². The molecule has 3 fully saturated rings. The van der Waals surface area contributed by atoms with E-state index in [1.807, 2.05) is 0 Å². The Kier molecular flexibility index (Phi) is 5.37. The van der Waals surface area contributed by atoms with Gasteiger partial charge in [0.15, 0.2) is 6.29 Å². The molecule has 3 aliphatic heterocycles. The minimum Gasteiger partial charge on any atom is -0.349 e. The van der Waals surface area contributed by atoms with E-state index in [1.165, 1.54) is 19.3 Å². The zero-order chi connectivity index (χ0) is 15.5. The summed E-state index contributed by atoms with van der Waals surface area (Å²) in [6.45, 7) is 7.24. The summed E-state index contributed by atoms with van der Waals surface area (Å²) in [5, 5.41) is 0. The molecule has 3 rings (SSSR count). The molecule has 1 amide bonds. The minimum atomic E-state index is -0.135. The van der Waals surface area contributed by atoms with Crippen LogP contribution in [0.4, 0.5) is 0 Å². The smallest absolute Gasteiger partial charge is 0.237 e. The van der Waals surface area contributed by atoms with Gasteiger partial charge in [-0.15, -0.1) is 0 Å². The van der Waals surface area contributed by atoms with E-state index in [0.29, 0.717) is 31.8 Å². The highest BCUT2D eigenvalue weighted by Crippen LogP contribution is 2.26. The van der Waals surface area contributed by atoms with Crippen LogP contribution in [0.5, 0.6) is 0 Å². The van der Waals surface area contributed by atoms with Crippen LogP contribution in [0.1, 0.15) is 52.4 Å². The second kappa shape index (κ2) is 7.28. The van der Waals surface area contributed by atoms with Crippen LogP contribution in [0.3, 0.4) is 0 Å². The number of carbonyl (C=O) groups excluding carboxylic acids is 1. The molecule has 0 unspecified atom stereocenters. The quantitative estimate of drug-likeness (QED) is 0.799. The maximum Gasteiger partial charge on any atom is 0.237 e. The number of amides is 1. The molecular formula is C17H30N2O3. The number of nitrogens with zero attached hydrogens (tertiary/aromatic N) is 2. The molecule has 0 aliphatic carbocycles. The summed E-state index contributed by atoms with van der Waals surface area (Å²) in [7, 11) is 0. The van der Waals surface area contributed by atoms with E-state index < -0.39 is 0 Å². The van der Waals surface area contributed by atoms with Crippen LogP contribution in [0, 0.1) is 0 Å². The second-order valence-corrected chi connectivity index (χ2v) is 7.07. The van der Waals surface area contributed by atoms with Crippen molar-refractivity contribution in [3.05, 3.63) is 0 Å². The summed E-state index contributed by atoms with van der Waals surface area (Å²) >= 11 is 0. The largest absolute Gasteiger partial charge is 0.349 e. The Morgan fingerprint density at radius 3 is 2.36 bits per heavy atom. The van der Waals surface area contributed by atoms with Gasteiger partial charge in [-0.1, -0.05) is 6.42 Å². The van der Waals surface area contributed by atoms with E-state index in [4.69, 9.17) is 9.47 Å². The highest BCUT2D eigenvalue weighted by atomic mass is 16.7. The highest BCUT2D eigenvalue weighted by Gasteiger charge is 2.36. The molecule has 0 aromatic heterocycles. The van der Waals surface area contributed by atoms with Crippen molar-refractivity contribution >= 4 is 5.91 Å². The van der Waals surface area contributed by atoms with E-state index in [0.717, 1.165) is 25.8 Å². The lowest BCUT2D eigenvalue weighted by molar-refractivity contribution is -0.145. The topological polar surface area (TPSA) is 42.0 Å². The average molecular weight is 310 g/mol. The molecule has 3 heterocycles. The first-order chi connectivity index (χ1) is 10.7. The molecule has 126 valence electrons. The van der Waals surface area contributed by atoms with Crippen molar-refractivity contribution in [3.8, 4) is 0 Å². The van der Waals surface area contributed by atoms with Crippen molar-refractivity contribution < 1.29 is 14.3 Å². The van der Waals surface area contributed by atoms with Crippen LogP contribution in [0.25, 0.3) is 0 Å². The molecule has 3 saturated heterocycles. The Morgan fingerprint density at radius 2 is 1.68 bits per heavy atom. The monoisotopic (exact) mass is 310 g/mol. The van der Waals surface area contributed by atoms with Gasteiger partial charge in [0.25, 0.3) is 0 Å². The number of likely N-dealkylation sites (tertiary alicyclic amines) is 2. The van der Waals surface area contributed by atoms with E-state index >= 15 is 0 Å². The Bertz CT molecular complexity index is 374. The lowest BCUT2D eigenvalue weighted by Crippen LogP contribution is -2.55. The summed E-state index contributed by atoms with van der Waals surface area (Å²) in [6, 6.07) is 0.993. The lowest BCUT2D eigenvalue weighted by atomic mass is 9.97. The Balaban J connectivity index is 1.63. The molecule has 3 aliphatic rings. The minimum absolute atomic E-state index is 0.135. The number of hydrogen-bond donors (Lipinski definition) is 0. The standard InChI is InChI=1S/C17H30N2O3/c1-13-6-5-7-14(2)19(13)16(20)12-18-9-4-3-8-15(18)17-21-10-11-22-17/h13-15,17H,3-12H2,1-2H3/t13-,14+,15-/m1/s1. The molecule has 0 bridgehead atoms. The molecule has 22 heavy (non-hydrogen) atoms. The third-order valence-electron chi connectivity index (χ3n) is 5.45. The van der Waals surface area contributed by atoms with Crippen molar-refractivity contribution in [2.24, 2.45) is 0 Å².